The van der Waals surface area contributed by atoms with Gasteiger partial charge in [0, 0.05) is 23.2 Å². The standard InChI is InChI=1S/C20H17N5O4S3/c21-17(26)16-12-8-9-24(20(30)22-11-4-2-1-3-5-11)10-14(12)32-19(16)23-18(27)13-6-7-15(31-13)25(28)29/h1-7H,8-10H2,(H2,21,26)(H,22,30)(H,23,27). The van der Waals surface area contributed by atoms with Gasteiger partial charge in [-0.2, -0.15) is 0 Å². The molecular formula is C20H17N5O4S3. The van der Waals surface area contributed by atoms with E-state index in [1.165, 1.54) is 23.5 Å². The van der Waals surface area contributed by atoms with Crippen molar-refractivity contribution in [1.82, 2.24) is 4.90 Å². The summed E-state index contributed by atoms with van der Waals surface area (Å²) in [7, 11) is 0. The molecule has 0 unspecified atom stereocenters. The van der Waals surface area contributed by atoms with E-state index in [1.54, 1.807) is 0 Å². The van der Waals surface area contributed by atoms with Gasteiger partial charge in [0.15, 0.2) is 5.11 Å². The van der Waals surface area contributed by atoms with Crippen molar-refractivity contribution in [3.8, 4) is 0 Å². The lowest BCUT2D eigenvalue weighted by Crippen LogP contribution is -2.38. The van der Waals surface area contributed by atoms with Gasteiger partial charge < -0.3 is 21.3 Å². The molecule has 12 heteroatoms. The Morgan fingerprint density at radius 1 is 1.12 bits per heavy atom. The highest BCUT2D eigenvalue weighted by Crippen LogP contribution is 2.37. The first kappa shape index (κ1) is 21.9. The number of nitro groups is 1. The van der Waals surface area contributed by atoms with E-state index in [9.17, 15) is 19.7 Å². The van der Waals surface area contributed by atoms with Gasteiger partial charge in [0.1, 0.15) is 5.00 Å². The number of amides is 2. The average molecular weight is 488 g/mol. The Hall–Kier alpha value is -3.35. The molecule has 0 atom stereocenters. The number of carbonyl (C=O) groups excluding carboxylic acids is 2. The fourth-order valence-corrected chi connectivity index (χ4v) is 5.62. The molecule has 32 heavy (non-hydrogen) atoms. The Morgan fingerprint density at radius 2 is 1.88 bits per heavy atom. The lowest BCUT2D eigenvalue weighted by molar-refractivity contribution is -0.380. The minimum atomic E-state index is -0.631. The Labute approximate surface area is 196 Å². The summed E-state index contributed by atoms with van der Waals surface area (Å²) >= 11 is 7.57. The van der Waals surface area contributed by atoms with Crippen LogP contribution in [0.1, 0.15) is 30.5 Å². The SMILES string of the molecule is NC(=O)c1c(NC(=O)c2ccc([N+](=O)[O-])s2)sc2c1CCN(C(=S)Nc1ccccc1)C2. The van der Waals surface area contributed by atoms with Gasteiger partial charge in [-0.3, -0.25) is 19.7 Å². The number of fused-ring (bicyclic) bond motifs is 1. The molecule has 3 heterocycles. The molecule has 0 fully saturated rings. The molecule has 0 saturated heterocycles. The van der Waals surface area contributed by atoms with Gasteiger partial charge in [-0.05, 0) is 42.4 Å². The maximum absolute atomic E-state index is 12.6. The molecule has 2 aromatic heterocycles. The molecule has 0 saturated carbocycles. The molecule has 4 rings (SSSR count). The van der Waals surface area contributed by atoms with E-state index in [-0.39, 0.29) is 15.4 Å². The predicted molar refractivity (Wildman–Crippen MR) is 129 cm³/mol. The first-order chi connectivity index (χ1) is 15.3. The predicted octanol–water partition coefficient (Wildman–Crippen LogP) is 3.82. The van der Waals surface area contributed by atoms with Gasteiger partial charge in [-0.15, -0.1) is 11.3 Å². The Morgan fingerprint density at radius 3 is 2.53 bits per heavy atom. The Balaban J connectivity index is 1.53. The van der Waals surface area contributed by atoms with Crippen LogP contribution in [0.4, 0.5) is 15.7 Å². The second kappa shape index (κ2) is 9.02. The first-order valence-electron chi connectivity index (χ1n) is 9.44. The summed E-state index contributed by atoms with van der Waals surface area (Å²) in [6.07, 6.45) is 0.543. The molecule has 1 aromatic carbocycles. The number of hydrogen-bond acceptors (Lipinski definition) is 7. The number of thiocarbonyl (C=S) groups is 1. The molecule has 0 aliphatic carbocycles. The topological polar surface area (TPSA) is 131 Å². The number of rotatable bonds is 5. The summed E-state index contributed by atoms with van der Waals surface area (Å²) in [5.41, 5.74) is 7.58. The molecule has 2 amide bonds. The highest BCUT2D eigenvalue weighted by molar-refractivity contribution is 7.80. The molecule has 4 N–H and O–H groups in total. The second-order valence-corrected chi connectivity index (χ2v) is 9.44. The summed E-state index contributed by atoms with van der Waals surface area (Å²) in [6.45, 7) is 1.06. The smallest absolute Gasteiger partial charge is 0.324 e. The number of nitrogens with zero attached hydrogens (tertiary/aromatic N) is 2. The maximum atomic E-state index is 12.6. The van der Waals surface area contributed by atoms with E-state index < -0.39 is 16.7 Å². The van der Waals surface area contributed by atoms with Crippen LogP contribution < -0.4 is 16.4 Å². The van der Waals surface area contributed by atoms with Crippen molar-refractivity contribution in [3.05, 3.63) is 73.5 Å². The summed E-state index contributed by atoms with van der Waals surface area (Å²) in [5, 5.41) is 17.5. The van der Waals surface area contributed by atoms with Crippen molar-refractivity contribution in [3.63, 3.8) is 0 Å². The molecule has 164 valence electrons. The van der Waals surface area contributed by atoms with Crippen molar-refractivity contribution in [2.24, 2.45) is 5.73 Å². The van der Waals surface area contributed by atoms with E-state index in [2.05, 4.69) is 10.6 Å². The van der Waals surface area contributed by atoms with Gasteiger partial charge in [-0.1, -0.05) is 29.5 Å². The number of hydrogen-bond donors (Lipinski definition) is 3. The van der Waals surface area contributed by atoms with Crippen LogP contribution >= 0.6 is 34.9 Å². The van der Waals surface area contributed by atoms with Crippen LogP contribution in [0.5, 0.6) is 0 Å². The van der Waals surface area contributed by atoms with Crippen molar-refractivity contribution in [2.75, 3.05) is 17.2 Å². The van der Waals surface area contributed by atoms with E-state index >= 15 is 0 Å². The molecule has 9 nitrogen and oxygen atoms in total. The summed E-state index contributed by atoms with van der Waals surface area (Å²) < 4.78 is 0. The van der Waals surface area contributed by atoms with Crippen molar-refractivity contribution < 1.29 is 14.5 Å². The van der Waals surface area contributed by atoms with E-state index in [1.807, 2.05) is 35.2 Å². The van der Waals surface area contributed by atoms with Gasteiger partial charge in [-0.25, -0.2) is 0 Å². The minimum absolute atomic E-state index is 0.134. The minimum Gasteiger partial charge on any atom is -0.365 e. The Kier molecular flexibility index (Phi) is 6.17. The van der Waals surface area contributed by atoms with Gasteiger partial charge in [0.25, 0.3) is 11.8 Å². The zero-order chi connectivity index (χ0) is 22.8. The number of thiophene rings is 2. The number of nitrogens with one attached hydrogen (secondary N) is 2. The van der Waals surface area contributed by atoms with E-state index in [4.69, 9.17) is 18.0 Å². The Bertz CT molecular complexity index is 1220. The highest BCUT2D eigenvalue weighted by Gasteiger charge is 2.29. The number of nitrogens with two attached hydrogens (primary N) is 1. The van der Waals surface area contributed by atoms with Crippen LogP contribution in [0.2, 0.25) is 0 Å². The lowest BCUT2D eigenvalue weighted by Gasteiger charge is -2.29. The van der Waals surface area contributed by atoms with Crippen LogP contribution in [-0.4, -0.2) is 33.3 Å². The molecule has 0 spiro atoms. The van der Waals surface area contributed by atoms with Gasteiger partial charge >= 0.3 is 5.00 Å². The number of benzene rings is 1. The van der Waals surface area contributed by atoms with Crippen LogP contribution in [-0.2, 0) is 13.0 Å². The first-order valence-corrected chi connectivity index (χ1v) is 11.5. The number of anilines is 2. The van der Waals surface area contributed by atoms with Crippen LogP contribution in [0.15, 0.2) is 42.5 Å². The van der Waals surface area contributed by atoms with E-state index in [0.29, 0.717) is 29.6 Å². The molecular weight excluding hydrogens is 470 g/mol. The fraction of sp³-hybridized carbons (Fsp3) is 0.150. The van der Waals surface area contributed by atoms with Gasteiger partial charge in [0.2, 0.25) is 0 Å². The maximum Gasteiger partial charge on any atom is 0.324 e. The third-order valence-corrected chi connectivity index (χ3v) is 7.37. The molecule has 1 aliphatic rings. The molecule has 1 aliphatic heterocycles. The number of carbonyl (C=O) groups is 2. The largest absolute Gasteiger partial charge is 0.365 e. The zero-order valence-electron chi connectivity index (χ0n) is 16.5. The van der Waals surface area contributed by atoms with Crippen molar-refractivity contribution >= 4 is 67.5 Å². The third-order valence-electron chi connectivity index (χ3n) is 4.84. The lowest BCUT2D eigenvalue weighted by atomic mass is 10.0. The number of para-hydroxylation sites is 1. The summed E-state index contributed by atoms with van der Waals surface area (Å²) in [6, 6.07) is 12.2. The quantitative estimate of drug-likeness (QED) is 0.283. The fourth-order valence-electron chi connectivity index (χ4n) is 3.36. The third kappa shape index (κ3) is 4.47. The molecule has 3 aromatic rings. The second-order valence-electron chi connectivity index (χ2n) is 6.89. The van der Waals surface area contributed by atoms with E-state index in [0.717, 1.165) is 27.5 Å². The average Bonchev–Trinajstić information content (AvgIpc) is 3.39. The van der Waals surface area contributed by atoms with Crippen LogP contribution in [0.25, 0.3) is 0 Å². The number of primary amides is 1. The van der Waals surface area contributed by atoms with Crippen LogP contribution in [0.3, 0.4) is 0 Å². The molecule has 0 bridgehead atoms. The molecule has 0 radical (unpaired) electrons. The summed E-state index contributed by atoms with van der Waals surface area (Å²) in [4.78, 5) is 38.1. The summed E-state index contributed by atoms with van der Waals surface area (Å²) in [5.74, 6) is -1.16. The normalized spacial score (nSPS) is 12.7. The van der Waals surface area contributed by atoms with Crippen molar-refractivity contribution in [2.45, 2.75) is 13.0 Å². The highest BCUT2D eigenvalue weighted by atomic mass is 32.1. The van der Waals surface area contributed by atoms with Crippen LogP contribution in [0, 0.1) is 10.1 Å². The zero-order valence-corrected chi connectivity index (χ0v) is 18.9. The van der Waals surface area contributed by atoms with Gasteiger partial charge in [0.05, 0.1) is 21.9 Å². The monoisotopic (exact) mass is 487 g/mol. The van der Waals surface area contributed by atoms with Crippen molar-refractivity contribution in [1.29, 1.82) is 0 Å².